The second-order valence-corrected chi connectivity index (χ2v) is 37.1. The number of hydrogen-bond donors (Lipinski definition) is 3. The van der Waals surface area contributed by atoms with E-state index < -0.39 is 16.8 Å². The number of Topliss-reactive ketones (excluding diaryl/α,β-unsaturated/α-hetero) is 3. The molecule has 2 aromatic heterocycles. The highest BCUT2D eigenvalue weighted by molar-refractivity contribution is 9.09. The summed E-state index contributed by atoms with van der Waals surface area (Å²) in [5.74, 6) is 13.7. The summed E-state index contributed by atoms with van der Waals surface area (Å²) in [5.41, 5.74) is 3.94. The lowest BCUT2D eigenvalue weighted by Crippen LogP contribution is -2.51. The molecule has 0 spiro atoms. The molecular weight excluding hydrogens is 1270 g/mol. The Morgan fingerprint density at radius 3 is 1.38 bits per heavy atom. The fourth-order valence-electron chi connectivity index (χ4n) is 26.7. The number of aliphatic hydroxyl groups is 3. The van der Waals surface area contributed by atoms with Gasteiger partial charge in [0.2, 0.25) is 0 Å². The number of fused-ring (bicyclic) bond motifs is 18. The lowest BCUT2D eigenvalue weighted by atomic mass is 9.49. The smallest absolute Gasteiger partial charge is 0.157 e. The van der Waals surface area contributed by atoms with E-state index in [-0.39, 0.29) is 28.1 Å². The van der Waals surface area contributed by atoms with Crippen LogP contribution in [-0.4, -0.2) is 80.6 Å². The van der Waals surface area contributed by atoms with Crippen molar-refractivity contribution < 1.29 is 29.7 Å². The number of rotatable bonds is 8. The van der Waals surface area contributed by atoms with Crippen LogP contribution < -0.4 is 0 Å². The molecule has 5 aromatic rings. The maximum atomic E-state index is 13.6. The lowest BCUT2D eigenvalue weighted by molar-refractivity contribution is -0.133. The Labute approximate surface area is 587 Å². The highest BCUT2D eigenvalue weighted by atomic mass is 79.9. The molecule has 13 aliphatic rings. The number of ketones is 3. The van der Waals surface area contributed by atoms with Gasteiger partial charge in [-0.05, 0) is 322 Å². The Morgan fingerprint density at radius 1 is 0.464 bits per heavy atom. The van der Waals surface area contributed by atoms with Gasteiger partial charge < -0.3 is 15.3 Å². The van der Waals surface area contributed by atoms with E-state index in [0.29, 0.717) is 53.5 Å². The maximum Gasteiger partial charge on any atom is 0.157 e. The molecule has 12 aliphatic carbocycles. The summed E-state index contributed by atoms with van der Waals surface area (Å²) in [6.07, 6.45) is 37.8. The third kappa shape index (κ3) is 12.9. The first-order valence-electron chi connectivity index (χ1n) is 39.2. The zero-order chi connectivity index (χ0) is 67.4. The van der Waals surface area contributed by atoms with E-state index in [1.807, 2.05) is 91.2 Å². The minimum Gasteiger partial charge on any atom is -0.390 e. The van der Waals surface area contributed by atoms with Gasteiger partial charge in [-0.2, -0.15) is 10.2 Å². The number of benzene rings is 3. The highest BCUT2D eigenvalue weighted by Crippen LogP contribution is 2.68. The van der Waals surface area contributed by atoms with Crippen molar-refractivity contribution in [2.45, 2.75) is 251 Å². The second kappa shape index (κ2) is 26.8. The van der Waals surface area contributed by atoms with E-state index in [9.17, 15) is 29.7 Å². The van der Waals surface area contributed by atoms with Crippen molar-refractivity contribution >= 4 is 61.3 Å². The van der Waals surface area contributed by atoms with Crippen molar-refractivity contribution in [1.29, 1.82) is 0 Å². The molecule has 0 saturated heterocycles. The monoisotopic (exact) mass is 1380 g/mol. The average molecular weight is 1380 g/mol. The number of hydrogen-bond acceptors (Lipinski definition) is 9. The van der Waals surface area contributed by atoms with Gasteiger partial charge in [0.15, 0.2) is 11.6 Å². The normalized spacial score (nSPS) is 43.3. The van der Waals surface area contributed by atoms with Crippen LogP contribution in [0.15, 0.2) is 90.2 Å². The van der Waals surface area contributed by atoms with Crippen LogP contribution in [0.1, 0.15) is 226 Å². The molecule has 0 bridgehead atoms. The Morgan fingerprint density at radius 2 is 0.897 bits per heavy atom. The number of nitrogens with zero attached hydrogens (tertiary/aromatic N) is 5. The number of alkyl halides is 1. The summed E-state index contributed by atoms with van der Waals surface area (Å²) in [6.45, 7) is 15.2. The number of aromatic nitrogens is 4. The number of halogens is 1. The predicted octanol–water partition coefficient (Wildman–Crippen LogP) is 17.8. The molecule has 12 saturated carbocycles. The van der Waals surface area contributed by atoms with E-state index in [4.69, 9.17) is 0 Å². The number of aliphatic imine (C=N–C) groups is 1. The molecule has 1 aliphatic heterocycles. The maximum absolute atomic E-state index is 13.6. The molecule has 3 heterocycles. The predicted molar refractivity (Wildman–Crippen MR) is 390 cm³/mol. The number of carbonyl (C=O) groups is 3. The zero-order valence-electron chi connectivity index (χ0n) is 59.7. The molecular formula is C85H116BrN5O6. The molecule has 12 fully saturated rings. The van der Waals surface area contributed by atoms with Crippen molar-refractivity contribution in [2.24, 2.45) is 128 Å². The van der Waals surface area contributed by atoms with Crippen LogP contribution in [0.3, 0.4) is 0 Å². The van der Waals surface area contributed by atoms with Crippen LogP contribution in [0.25, 0.3) is 21.8 Å². The van der Waals surface area contributed by atoms with Crippen LogP contribution >= 0.6 is 15.9 Å². The van der Waals surface area contributed by atoms with Gasteiger partial charge in [0, 0.05) is 40.9 Å². The van der Waals surface area contributed by atoms with Gasteiger partial charge in [-0.15, -0.1) is 0 Å². The Hall–Kier alpha value is -4.36. The second-order valence-electron chi connectivity index (χ2n) is 36.5. The molecule has 0 unspecified atom stereocenters. The minimum atomic E-state index is -0.446. The van der Waals surface area contributed by atoms with E-state index in [1.165, 1.54) is 127 Å². The third-order valence-electron chi connectivity index (χ3n) is 31.2. The molecule has 97 heavy (non-hydrogen) atoms. The van der Waals surface area contributed by atoms with Gasteiger partial charge in [0.05, 0.1) is 52.5 Å². The van der Waals surface area contributed by atoms with Crippen LogP contribution in [0.4, 0.5) is 0 Å². The van der Waals surface area contributed by atoms with E-state index >= 15 is 0 Å². The van der Waals surface area contributed by atoms with E-state index in [1.54, 1.807) is 0 Å². The zero-order valence-corrected chi connectivity index (χ0v) is 61.2. The molecule has 24 atom stereocenters. The van der Waals surface area contributed by atoms with Crippen LogP contribution in [-0.2, 0) is 34.0 Å². The van der Waals surface area contributed by atoms with Crippen LogP contribution in [0, 0.1) is 123 Å². The number of para-hydroxylation sites is 1. The molecule has 11 nitrogen and oxygen atoms in total. The van der Waals surface area contributed by atoms with E-state index in [0.717, 1.165) is 163 Å². The Balaban J connectivity index is 0.000000113. The van der Waals surface area contributed by atoms with Crippen molar-refractivity contribution in [3.63, 3.8) is 0 Å². The van der Waals surface area contributed by atoms with Crippen molar-refractivity contribution in [1.82, 2.24) is 19.6 Å². The minimum absolute atomic E-state index is 0.161. The van der Waals surface area contributed by atoms with Gasteiger partial charge in [0.25, 0.3) is 0 Å². The first-order chi connectivity index (χ1) is 46.5. The fraction of sp³-hybridized carbons (Fsp3) is 0.718. The molecule has 3 aromatic carbocycles. The summed E-state index contributed by atoms with van der Waals surface area (Å²) < 4.78 is 3.79. The number of carbonyl (C=O) groups excluding carboxylic acids is 3. The highest BCUT2D eigenvalue weighted by Gasteiger charge is 2.62. The standard InChI is InChI=1S/2C28H38N2O2.C21H33BrO2.C8H7N/c1-27(32)13-11-20-18(15-27)7-8-22-21(20)12-14-28(2)23(22)9-10-24(28)26(31)17-30-16-19-5-3-4-6-25(19)29-30;1-27(32)13-11-20-18(15-27)7-8-22-21(20)12-14-28(2)23(22)9-10-24(28)26(31)17-30-25-6-4-3-5-19(25)16-29-30;1-20(24)9-7-14-13(11-20)3-4-16-15(14)8-10-21(2)17(16)5-6-18(21)19(23)12-22;1-2-4-8-6-9-5-7(8)3-1/h2*3-6,16,18,20-24,32H,7-15,17H2,1-2H3;13-18,24H,3-12H2,1-2H3;1-5H,6H2/t2*18-,20+,21-,22-,23+,24-,27-,28+;13-,14+,15-,16-,17+,18-,20-,21+;/m111./s1. The van der Waals surface area contributed by atoms with Gasteiger partial charge in [0.1, 0.15) is 12.3 Å². The Bertz CT molecular complexity index is 3670. The molecule has 0 amide bonds. The van der Waals surface area contributed by atoms with Crippen molar-refractivity contribution in [3.8, 4) is 0 Å². The summed E-state index contributed by atoms with van der Waals surface area (Å²) in [5, 5.41) is 43.7. The molecule has 3 N–H and O–H groups in total. The molecule has 12 heteroatoms. The average Bonchev–Trinajstić information content (AvgIpc) is 1.67. The summed E-state index contributed by atoms with van der Waals surface area (Å²) >= 11 is 3.42. The van der Waals surface area contributed by atoms with Crippen molar-refractivity contribution in [3.05, 3.63) is 96.3 Å². The van der Waals surface area contributed by atoms with Gasteiger partial charge in [-0.25, -0.2) is 0 Å². The van der Waals surface area contributed by atoms with Crippen LogP contribution in [0.5, 0.6) is 0 Å². The SMILES string of the molecule is C1=NCc2ccccc21.C[C@@]1(O)CC[C@H]2[C@H](CC[C@@H]3[C@@H]2CC[C@]2(C)[C@@H](C(=O)CBr)CC[C@@H]32)C1.C[C@@]1(O)CC[C@H]2[C@H](CC[C@@H]3[C@@H]2CC[C@]2(C)[C@@H](C(=O)Cn4cc5ccccc5n4)CC[C@@H]32)C1.C[C@@]1(O)CC[C@H]2[C@H](CC[C@@H]3[C@@H]2CC[C@]2(C)[C@@H](C(=O)Cn4ncc5ccccc54)CC[C@@H]32)C1. The first kappa shape index (κ1) is 68.4. The molecule has 524 valence electrons. The summed E-state index contributed by atoms with van der Waals surface area (Å²) in [6, 6.07) is 24.6. The fourth-order valence-corrected chi connectivity index (χ4v) is 27.1. The van der Waals surface area contributed by atoms with Gasteiger partial charge in [-0.3, -0.25) is 28.7 Å². The summed E-state index contributed by atoms with van der Waals surface area (Å²) in [4.78, 5) is 43.7. The first-order valence-corrected chi connectivity index (χ1v) is 40.4. The third-order valence-corrected chi connectivity index (χ3v) is 31.7. The van der Waals surface area contributed by atoms with Gasteiger partial charge >= 0.3 is 0 Å². The largest absolute Gasteiger partial charge is 0.390 e. The van der Waals surface area contributed by atoms with Crippen LogP contribution in [0.2, 0.25) is 0 Å². The molecule has 0 radical (unpaired) electrons. The topological polar surface area (TPSA) is 160 Å². The molecule has 18 rings (SSSR count). The van der Waals surface area contributed by atoms with Crippen molar-refractivity contribution in [2.75, 3.05) is 5.33 Å². The summed E-state index contributed by atoms with van der Waals surface area (Å²) in [7, 11) is 0. The Kier molecular flexibility index (Phi) is 18.9. The lowest BCUT2D eigenvalue weighted by Gasteiger charge is -2.56. The van der Waals surface area contributed by atoms with E-state index in [2.05, 4.69) is 82.2 Å². The quantitative estimate of drug-likeness (QED) is 0.129. The van der Waals surface area contributed by atoms with Gasteiger partial charge in [-0.1, -0.05) is 97.4 Å².